The Morgan fingerprint density at radius 3 is 0.986 bits per heavy atom. The van der Waals surface area contributed by atoms with Crippen molar-refractivity contribution in [2.75, 3.05) is 0 Å². The summed E-state index contributed by atoms with van der Waals surface area (Å²) >= 11 is 0. The van der Waals surface area contributed by atoms with E-state index >= 15 is 4.57 Å². The molecule has 70 heavy (non-hydrogen) atoms. The van der Waals surface area contributed by atoms with E-state index in [0.717, 1.165) is 79.1 Å². The first-order valence-electron chi connectivity index (χ1n) is 23.8. The molecule has 0 unspecified atom stereocenters. The quantitative estimate of drug-likeness (QED) is 0.0850. The highest BCUT2D eigenvalue weighted by molar-refractivity contribution is 7.95. The molecule has 0 fully saturated rings. The Bertz CT molecular complexity index is 2990. The van der Waals surface area contributed by atoms with E-state index < -0.39 is 39.4 Å². The SMILES string of the molecule is O=P1(NS(=O)(=O)C(F)(F)F)Oc2c([Si](c3ccccc3)(c3ccccc3)c3ccccc3)cc3c(c2-c2c4c(cc([Si](c5ccccc5)(c5ccccc5)c5ccccc5)c2O1)CCCC4)CCCC3. The molecule has 0 atom stereocenters. The highest BCUT2D eigenvalue weighted by Crippen LogP contribution is 2.58. The topological polar surface area (TPSA) is 81.7 Å². The van der Waals surface area contributed by atoms with Gasteiger partial charge in [0.05, 0.1) is 0 Å². The number of halogens is 3. The molecule has 0 saturated carbocycles. The molecule has 3 aliphatic rings. The minimum Gasteiger partial charge on any atom is -0.403 e. The monoisotopic (exact) mass is 1000 g/mol. The van der Waals surface area contributed by atoms with Crippen molar-refractivity contribution < 1.29 is 35.2 Å². The second-order valence-electron chi connectivity index (χ2n) is 18.4. The van der Waals surface area contributed by atoms with Crippen molar-refractivity contribution in [1.82, 2.24) is 4.49 Å². The first kappa shape index (κ1) is 46.1. The van der Waals surface area contributed by atoms with Crippen molar-refractivity contribution in [3.63, 3.8) is 0 Å². The number of nitrogens with one attached hydrogen (secondary N) is 1. The maximum Gasteiger partial charge on any atom is 0.526 e. The third kappa shape index (κ3) is 7.63. The van der Waals surface area contributed by atoms with Crippen LogP contribution in [0.5, 0.6) is 11.5 Å². The summed E-state index contributed by atoms with van der Waals surface area (Å²) in [6, 6.07) is 64.6. The first-order valence-corrected chi connectivity index (χ1v) is 30.8. The van der Waals surface area contributed by atoms with E-state index in [9.17, 15) is 21.6 Å². The lowest BCUT2D eigenvalue weighted by Gasteiger charge is -2.38. The zero-order chi connectivity index (χ0) is 48.1. The van der Waals surface area contributed by atoms with E-state index in [1.54, 1.807) is 4.49 Å². The van der Waals surface area contributed by atoms with E-state index in [1.807, 2.05) is 109 Å². The van der Waals surface area contributed by atoms with E-state index in [0.29, 0.717) is 47.2 Å². The van der Waals surface area contributed by atoms with E-state index in [1.165, 1.54) is 0 Å². The average Bonchev–Trinajstić information content (AvgIpc) is 3.52. The Morgan fingerprint density at radius 2 is 0.714 bits per heavy atom. The fourth-order valence-corrected chi connectivity index (χ4v) is 24.4. The molecule has 2 aliphatic carbocycles. The van der Waals surface area contributed by atoms with Gasteiger partial charge in [0, 0.05) is 11.1 Å². The molecule has 0 amide bonds. The van der Waals surface area contributed by atoms with Gasteiger partial charge in [-0.15, -0.1) is 0 Å². The molecule has 0 saturated heterocycles. The van der Waals surface area contributed by atoms with Crippen LogP contribution in [-0.4, -0.2) is 30.1 Å². The average molecular weight is 1000 g/mol. The van der Waals surface area contributed by atoms with Gasteiger partial charge in [0.15, 0.2) is 16.1 Å². The van der Waals surface area contributed by atoms with Crippen LogP contribution in [0.15, 0.2) is 194 Å². The molecule has 1 heterocycles. The molecule has 8 aromatic rings. The summed E-state index contributed by atoms with van der Waals surface area (Å²) in [5.74, 6) is 0.152. The van der Waals surface area contributed by atoms with Gasteiger partial charge in [-0.2, -0.15) is 13.2 Å². The van der Waals surface area contributed by atoms with Gasteiger partial charge in [-0.1, -0.05) is 199 Å². The van der Waals surface area contributed by atoms with Crippen molar-refractivity contribution in [3.05, 3.63) is 216 Å². The summed E-state index contributed by atoms with van der Waals surface area (Å²) in [6.45, 7) is 0. The lowest BCUT2D eigenvalue weighted by atomic mass is 9.80. The molecule has 13 heteroatoms. The van der Waals surface area contributed by atoms with Crippen LogP contribution in [0.25, 0.3) is 11.1 Å². The van der Waals surface area contributed by atoms with Crippen molar-refractivity contribution in [3.8, 4) is 22.6 Å². The van der Waals surface area contributed by atoms with Crippen LogP contribution in [-0.2, 0) is 40.3 Å². The smallest absolute Gasteiger partial charge is 0.403 e. The zero-order valence-corrected chi connectivity index (χ0v) is 41.9. The number of aryl methyl sites for hydroxylation is 2. The van der Waals surface area contributed by atoms with Crippen molar-refractivity contribution in [2.24, 2.45) is 0 Å². The van der Waals surface area contributed by atoms with E-state index in [4.69, 9.17) is 9.05 Å². The predicted octanol–water partition coefficient (Wildman–Crippen LogP) is 8.18. The van der Waals surface area contributed by atoms with Gasteiger partial charge in [-0.3, -0.25) is 0 Å². The molecule has 0 aromatic heterocycles. The first-order chi connectivity index (χ1) is 34.0. The van der Waals surface area contributed by atoms with Crippen LogP contribution < -0.4 is 55.0 Å². The van der Waals surface area contributed by atoms with Crippen molar-refractivity contribution in [1.29, 1.82) is 0 Å². The van der Waals surface area contributed by atoms with Crippen molar-refractivity contribution >= 4 is 75.4 Å². The number of benzene rings is 8. The van der Waals surface area contributed by atoms with Gasteiger partial charge >= 0.3 is 23.3 Å². The van der Waals surface area contributed by atoms with Gasteiger partial charge in [-0.25, -0.2) is 13.0 Å². The van der Waals surface area contributed by atoms with Crippen LogP contribution in [0, 0.1) is 0 Å². The molecule has 0 spiro atoms. The minimum absolute atomic E-state index is 0.0761. The minimum atomic E-state index is -6.36. The molecule has 1 N–H and O–H groups in total. The van der Waals surface area contributed by atoms with E-state index in [2.05, 4.69) is 84.9 Å². The molecule has 8 aromatic carbocycles. The number of rotatable bonds is 10. The Kier molecular flexibility index (Phi) is 12.0. The van der Waals surface area contributed by atoms with E-state index in [-0.39, 0.29) is 11.5 Å². The fourth-order valence-electron chi connectivity index (χ4n) is 11.6. The molecule has 6 nitrogen and oxygen atoms in total. The lowest BCUT2D eigenvalue weighted by molar-refractivity contribution is -0.0443. The molecule has 1 aliphatic heterocycles. The number of hydrogen-bond donors (Lipinski definition) is 1. The summed E-state index contributed by atoms with van der Waals surface area (Å²) in [6.07, 6.45) is 6.09. The van der Waals surface area contributed by atoms with Gasteiger partial charge in [0.25, 0.3) is 0 Å². The fraction of sp³-hybridized carbons (Fsp3) is 0.158. The largest absolute Gasteiger partial charge is 0.526 e. The predicted molar refractivity (Wildman–Crippen MR) is 279 cm³/mol. The van der Waals surface area contributed by atoms with Crippen LogP contribution in [0.1, 0.15) is 47.9 Å². The van der Waals surface area contributed by atoms with Crippen LogP contribution >= 0.6 is 7.75 Å². The molecule has 0 radical (unpaired) electrons. The number of sulfonamides is 1. The van der Waals surface area contributed by atoms with Crippen molar-refractivity contribution in [2.45, 2.75) is 56.9 Å². The molecule has 0 bridgehead atoms. The maximum atomic E-state index is 16.4. The summed E-state index contributed by atoms with van der Waals surface area (Å²) < 4.78 is 104. The van der Waals surface area contributed by atoms with Gasteiger partial charge < -0.3 is 9.05 Å². The summed E-state index contributed by atoms with van der Waals surface area (Å²) in [7, 11) is -19.4. The highest BCUT2D eigenvalue weighted by Gasteiger charge is 2.56. The standard InChI is InChI=1S/C57H49F3NO5PSSi2/c58-57(59,60)68(63,64)61-67(62)65-55-51(69(43-25-7-1-8-26-43,44-27-9-2-10-28-44)45-29-11-3-12-30-45)39-41-23-19-21-37-49(41)53(55)54-50-38-22-20-24-42(50)40-52(56(54)66-67)70(46-31-13-4-14-32-46,47-33-15-5-16-34-47)48-35-17-6-18-36-48/h1-18,25-36,39-40H,19-24,37-38H2,(H,61,62). The Hall–Kier alpha value is -6.28. The van der Waals surface area contributed by atoms with Gasteiger partial charge in [0.2, 0.25) is 0 Å². The number of fused-ring (bicyclic) bond motifs is 7. The van der Waals surface area contributed by atoms with Crippen LogP contribution in [0.2, 0.25) is 0 Å². The van der Waals surface area contributed by atoms with Gasteiger partial charge in [0.1, 0.15) is 11.5 Å². The van der Waals surface area contributed by atoms with Crippen LogP contribution in [0.3, 0.4) is 0 Å². The number of hydrogen-bond acceptors (Lipinski definition) is 5. The molecule has 352 valence electrons. The second kappa shape index (κ2) is 18.2. The lowest BCUT2D eigenvalue weighted by Crippen LogP contribution is -2.75. The molecule has 11 rings (SSSR count). The summed E-state index contributed by atoms with van der Waals surface area (Å²) in [5.41, 5.74) is -0.625. The maximum absolute atomic E-state index is 16.4. The molecular formula is C57H49F3NO5PSSi2. The second-order valence-corrected chi connectivity index (χ2v) is 29.5. The number of alkyl halides is 3. The summed E-state index contributed by atoms with van der Waals surface area (Å²) in [5, 5.41) is 6.97. The Balaban J connectivity index is 1.38. The molecular weight excluding hydrogens is 955 g/mol. The summed E-state index contributed by atoms with van der Waals surface area (Å²) in [4.78, 5) is 0. The van der Waals surface area contributed by atoms with Gasteiger partial charge in [-0.05, 0) is 115 Å². The Morgan fingerprint density at radius 1 is 0.443 bits per heavy atom. The Labute approximate surface area is 408 Å². The third-order valence-corrected chi connectivity index (χ3v) is 27.3. The normalized spacial score (nSPS) is 15.5. The van der Waals surface area contributed by atoms with Crippen LogP contribution in [0.4, 0.5) is 13.2 Å². The highest BCUT2D eigenvalue weighted by atomic mass is 32.2. The third-order valence-electron chi connectivity index (χ3n) is 14.5. The zero-order valence-electron chi connectivity index (χ0n) is 38.2.